The largest absolute Gasteiger partial charge is 0.456 e. The van der Waals surface area contributed by atoms with Crippen LogP contribution in [0.15, 0.2) is 28.7 Å². The average molecular weight is 228 g/mol. The van der Waals surface area contributed by atoms with E-state index in [1.54, 1.807) is 0 Å². The van der Waals surface area contributed by atoms with Crippen LogP contribution in [0.3, 0.4) is 0 Å². The minimum Gasteiger partial charge on any atom is -0.456 e. The number of furan rings is 1. The number of hydrogen-bond donors (Lipinski definition) is 0. The molecule has 0 amide bonds. The fraction of sp³-hybridized carbons (Fsp3) is 0.250. The molecule has 90 valence electrons. The van der Waals surface area contributed by atoms with Crippen LogP contribution in [0.5, 0.6) is 0 Å². The molecule has 1 aromatic rings. The third-order valence-corrected chi connectivity index (χ3v) is 2.34. The van der Waals surface area contributed by atoms with Crippen molar-refractivity contribution in [1.82, 2.24) is 0 Å². The van der Waals surface area contributed by atoms with E-state index in [2.05, 4.69) is 12.2 Å². The Morgan fingerprint density at radius 2 is 0.941 bits per heavy atom. The fourth-order valence-corrected chi connectivity index (χ4v) is 1.72. The Balaban J connectivity index is 3.47. The molecule has 0 saturated carbocycles. The molecular formula is C16H20O. The summed E-state index contributed by atoms with van der Waals surface area (Å²) < 4.78 is 5.86. The van der Waals surface area contributed by atoms with Gasteiger partial charge in [-0.2, -0.15) is 0 Å². The van der Waals surface area contributed by atoms with Crippen LogP contribution in [0.25, 0.3) is 24.3 Å². The van der Waals surface area contributed by atoms with E-state index in [-0.39, 0.29) is 0 Å². The Kier molecular flexibility index (Phi) is 5.28. The minimum absolute atomic E-state index is 0.909. The first-order valence-corrected chi connectivity index (χ1v) is 5.96. The monoisotopic (exact) mass is 228 g/mol. The Morgan fingerprint density at radius 1 is 0.588 bits per heavy atom. The van der Waals surface area contributed by atoms with Gasteiger partial charge in [-0.1, -0.05) is 36.5 Å². The Hall–Kier alpha value is -1.76. The van der Waals surface area contributed by atoms with Crippen molar-refractivity contribution in [3.8, 4) is 0 Å². The van der Waals surface area contributed by atoms with Crippen LogP contribution in [-0.4, -0.2) is 0 Å². The maximum absolute atomic E-state index is 5.86. The lowest BCUT2D eigenvalue weighted by Gasteiger charge is -1.93. The van der Waals surface area contributed by atoms with Crippen LogP contribution in [0.1, 0.15) is 50.3 Å². The molecule has 1 heterocycles. The SMILES string of the molecule is C/C=C\c1oc(/C=C\C)c(/C=C\C)c1/C=C\C. The normalized spacial score (nSPS) is 12.9. The first kappa shape index (κ1) is 13.3. The van der Waals surface area contributed by atoms with Crippen molar-refractivity contribution >= 4 is 24.3 Å². The zero-order valence-electron chi connectivity index (χ0n) is 11.0. The standard InChI is InChI=1S/C16H20O/c1-5-9-13-14(10-6-2)16(12-8-4)17-15(13)11-7-3/h5-12H,1-4H3/b9-5-,10-6-,11-7-,12-8-. The van der Waals surface area contributed by atoms with Gasteiger partial charge in [0.15, 0.2) is 0 Å². The van der Waals surface area contributed by atoms with Crippen LogP contribution >= 0.6 is 0 Å². The van der Waals surface area contributed by atoms with E-state index in [9.17, 15) is 0 Å². The van der Waals surface area contributed by atoms with Crippen LogP contribution in [-0.2, 0) is 0 Å². The summed E-state index contributed by atoms with van der Waals surface area (Å²) in [5.41, 5.74) is 2.27. The minimum atomic E-state index is 0.909. The summed E-state index contributed by atoms with van der Waals surface area (Å²) in [4.78, 5) is 0. The highest BCUT2D eigenvalue weighted by Crippen LogP contribution is 2.28. The molecule has 0 saturated heterocycles. The van der Waals surface area contributed by atoms with Crippen molar-refractivity contribution in [3.05, 3.63) is 47.0 Å². The highest BCUT2D eigenvalue weighted by Gasteiger charge is 2.12. The summed E-state index contributed by atoms with van der Waals surface area (Å²) in [6.45, 7) is 8.02. The van der Waals surface area contributed by atoms with Gasteiger partial charge in [-0.25, -0.2) is 0 Å². The summed E-state index contributed by atoms with van der Waals surface area (Å²) in [5.74, 6) is 1.82. The first-order valence-electron chi connectivity index (χ1n) is 5.96. The zero-order valence-corrected chi connectivity index (χ0v) is 11.0. The molecule has 1 rings (SSSR count). The number of rotatable bonds is 4. The maximum atomic E-state index is 5.86. The molecule has 1 aromatic heterocycles. The second kappa shape index (κ2) is 6.74. The van der Waals surface area contributed by atoms with Gasteiger partial charge in [-0.3, -0.25) is 0 Å². The van der Waals surface area contributed by atoms with E-state index >= 15 is 0 Å². The molecule has 0 radical (unpaired) electrons. The molecular weight excluding hydrogens is 208 g/mol. The summed E-state index contributed by atoms with van der Waals surface area (Å²) in [5, 5.41) is 0. The van der Waals surface area contributed by atoms with Crippen molar-refractivity contribution in [1.29, 1.82) is 0 Å². The highest BCUT2D eigenvalue weighted by atomic mass is 16.3. The smallest absolute Gasteiger partial charge is 0.135 e. The fourth-order valence-electron chi connectivity index (χ4n) is 1.72. The average Bonchev–Trinajstić information content (AvgIpc) is 2.61. The van der Waals surface area contributed by atoms with Gasteiger partial charge in [0.05, 0.1) is 0 Å². The zero-order chi connectivity index (χ0) is 12.7. The van der Waals surface area contributed by atoms with Crippen molar-refractivity contribution in [2.75, 3.05) is 0 Å². The third-order valence-electron chi connectivity index (χ3n) is 2.34. The lowest BCUT2D eigenvalue weighted by Crippen LogP contribution is -1.78. The molecule has 0 atom stereocenters. The second-order valence-electron chi connectivity index (χ2n) is 3.66. The van der Waals surface area contributed by atoms with Gasteiger partial charge in [0.25, 0.3) is 0 Å². The quantitative estimate of drug-likeness (QED) is 0.671. The van der Waals surface area contributed by atoms with E-state index in [0.717, 1.165) is 22.6 Å². The van der Waals surface area contributed by atoms with Gasteiger partial charge in [0.2, 0.25) is 0 Å². The molecule has 0 aliphatic heterocycles. The lowest BCUT2D eigenvalue weighted by molar-refractivity contribution is 0.546. The van der Waals surface area contributed by atoms with Gasteiger partial charge >= 0.3 is 0 Å². The van der Waals surface area contributed by atoms with E-state index < -0.39 is 0 Å². The first-order chi connectivity index (χ1) is 8.28. The Labute approximate surface area is 104 Å². The summed E-state index contributed by atoms with van der Waals surface area (Å²) >= 11 is 0. The molecule has 0 aliphatic carbocycles. The van der Waals surface area contributed by atoms with Crippen LogP contribution in [0.4, 0.5) is 0 Å². The van der Waals surface area contributed by atoms with Crippen LogP contribution in [0, 0.1) is 0 Å². The number of hydrogen-bond acceptors (Lipinski definition) is 1. The summed E-state index contributed by atoms with van der Waals surface area (Å²) in [6.07, 6.45) is 16.2. The molecule has 0 spiro atoms. The highest BCUT2D eigenvalue weighted by molar-refractivity contribution is 5.76. The van der Waals surface area contributed by atoms with Gasteiger partial charge in [-0.05, 0) is 39.8 Å². The van der Waals surface area contributed by atoms with Gasteiger partial charge in [-0.15, -0.1) is 0 Å². The molecule has 0 N–H and O–H groups in total. The predicted molar refractivity (Wildman–Crippen MR) is 77.5 cm³/mol. The lowest BCUT2D eigenvalue weighted by atomic mass is 10.1. The summed E-state index contributed by atoms with van der Waals surface area (Å²) in [6, 6.07) is 0. The molecule has 17 heavy (non-hydrogen) atoms. The van der Waals surface area contributed by atoms with E-state index in [0.29, 0.717) is 0 Å². The van der Waals surface area contributed by atoms with E-state index in [1.165, 1.54) is 0 Å². The van der Waals surface area contributed by atoms with Crippen molar-refractivity contribution < 1.29 is 4.42 Å². The van der Waals surface area contributed by atoms with Gasteiger partial charge < -0.3 is 4.42 Å². The van der Waals surface area contributed by atoms with Crippen molar-refractivity contribution in [3.63, 3.8) is 0 Å². The molecule has 0 unspecified atom stereocenters. The van der Waals surface area contributed by atoms with Crippen LogP contribution in [0.2, 0.25) is 0 Å². The molecule has 0 bridgehead atoms. The Bertz CT molecular complexity index is 425. The molecule has 0 fully saturated rings. The topological polar surface area (TPSA) is 13.1 Å². The van der Waals surface area contributed by atoms with E-state index in [1.807, 2.05) is 64.2 Å². The van der Waals surface area contributed by atoms with Crippen LogP contribution < -0.4 is 0 Å². The second-order valence-corrected chi connectivity index (χ2v) is 3.66. The van der Waals surface area contributed by atoms with Crippen molar-refractivity contribution in [2.24, 2.45) is 0 Å². The summed E-state index contributed by atoms with van der Waals surface area (Å²) in [7, 11) is 0. The molecule has 0 aromatic carbocycles. The predicted octanol–water partition coefficient (Wildman–Crippen LogP) is 5.41. The van der Waals surface area contributed by atoms with Gasteiger partial charge in [0, 0.05) is 11.1 Å². The molecule has 1 nitrogen and oxygen atoms in total. The Morgan fingerprint density at radius 3 is 1.24 bits per heavy atom. The molecule has 0 aliphatic rings. The number of allylic oxidation sites excluding steroid dienone is 4. The van der Waals surface area contributed by atoms with Gasteiger partial charge in [0.1, 0.15) is 11.5 Å². The molecule has 1 heteroatoms. The van der Waals surface area contributed by atoms with Crippen molar-refractivity contribution in [2.45, 2.75) is 27.7 Å². The maximum Gasteiger partial charge on any atom is 0.135 e. The third kappa shape index (κ3) is 3.10. The van der Waals surface area contributed by atoms with E-state index in [4.69, 9.17) is 4.42 Å².